The Kier molecular flexibility index (Phi) is 4.02. The van der Waals surface area contributed by atoms with Gasteiger partial charge in [-0.1, -0.05) is 0 Å². The highest BCUT2D eigenvalue weighted by atomic mass is 32.2. The van der Waals surface area contributed by atoms with Gasteiger partial charge in [-0.15, -0.1) is 0 Å². The lowest BCUT2D eigenvalue weighted by Crippen LogP contribution is -2.24. The fourth-order valence-corrected chi connectivity index (χ4v) is 2.79. The summed E-state index contributed by atoms with van der Waals surface area (Å²) in [6.07, 6.45) is 0. The Labute approximate surface area is 122 Å². The number of benzene rings is 1. The van der Waals surface area contributed by atoms with Gasteiger partial charge in [-0.25, -0.2) is 22.5 Å². The molecular formula is C13H16FN3O3S. The van der Waals surface area contributed by atoms with Crippen molar-refractivity contribution in [3.05, 3.63) is 40.9 Å². The quantitative estimate of drug-likeness (QED) is 0.839. The second-order valence-electron chi connectivity index (χ2n) is 4.71. The summed E-state index contributed by atoms with van der Waals surface area (Å²) >= 11 is 0. The van der Waals surface area contributed by atoms with E-state index in [1.807, 2.05) is 0 Å². The van der Waals surface area contributed by atoms with Gasteiger partial charge in [0, 0.05) is 5.69 Å². The molecule has 0 bridgehead atoms. The van der Waals surface area contributed by atoms with E-state index >= 15 is 0 Å². The number of sulfonamides is 1. The molecule has 0 radical (unpaired) electrons. The van der Waals surface area contributed by atoms with Crippen molar-refractivity contribution in [1.29, 1.82) is 0 Å². The van der Waals surface area contributed by atoms with Crippen molar-refractivity contribution in [3.8, 4) is 0 Å². The molecule has 1 aromatic heterocycles. The molecule has 6 nitrogen and oxygen atoms in total. The van der Waals surface area contributed by atoms with Crippen LogP contribution in [-0.4, -0.2) is 13.4 Å². The fraction of sp³-hybridized carbons (Fsp3) is 0.308. The number of oxazole rings is 1. The maximum Gasteiger partial charge on any atom is 0.244 e. The molecule has 0 atom stereocenters. The maximum absolute atomic E-state index is 13.8. The molecule has 8 heteroatoms. The lowest BCUT2D eigenvalue weighted by Gasteiger charge is -2.08. The van der Waals surface area contributed by atoms with Crippen molar-refractivity contribution in [1.82, 2.24) is 9.71 Å². The van der Waals surface area contributed by atoms with E-state index in [0.717, 1.165) is 12.1 Å². The molecule has 0 saturated carbocycles. The van der Waals surface area contributed by atoms with Gasteiger partial charge in [0.1, 0.15) is 16.5 Å². The van der Waals surface area contributed by atoms with Gasteiger partial charge in [0.25, 0.3) is 0 Å². The average Bonchev–Trinajstić information content (AvgIpc) is 2.71. The molecule has 0 aliphatic rings. The van der Waals surface area contributed by atoms with E-state index in [1.165, 1.54) is 0 Å². The maximum atomic E-state index is 13.8. The highest BCUT2D eigenvalue weighted by Gasteiger charge is 2.21. The third-order valence-electron chi connectivity index (χ3n) is 3.10. The van der Waals surface area contributed by atoms with E-state index in [4.69, 9.17) is 10.2 Å². The molecule has 0 unspecified atom stereocenters. The van der Waals surface area contributed by atoms with E-state index in [9.17, 15) is 12.8 Å². The summed E-state index contributed by atoms with van der Waals surface area (Å²) in [6.45, 7) is 4.91. The van der Waals surface area contributed by atoms with Gasteiger partial charge < -0.3 is 10.2 Å². The zero-order valence-corrected chi connectivity index (χ0v) is 12.7. The average molecular weight is 313 g/mol. The number of hydrogen-bond donors (Lipinski definition) is 2. The number of hydrogen-bond acceptors (Lipinski definition) is 5. The number of halogens is 1. The zero-order valence-electron chi connectivity index (χ0n) is 11.9. The Morgan fingerprint density at radius 3 is 2.57 bits per heavy atom. The third kappa shape index (κ3) is 3.22. The van der Waals surface area contributed by atoms with Gasteiger partial charge in [0.15, 0.2) is 0 Å². The van der Waals surface area contributed by atoms with Gasteiger partial charge in [-0.2, -0.15) is 0 Å². The van der Waals surface area contributed by atoms with Crippen molar-refractivity contribution in [3.63, 3.8) is 0 Å². The molecule has 1 aromatic carbocycles. The molecule has 0 aliphatic heterocycles. The molecular weight excluding hydrogens is 297 g/mol. The molecule has 21 heavy (non-hydrogen) atoms. The Morgan fingerprint density at radius 1 is 1.33 bits per heavy atom. The van der Waals surface area contributed by atoms with Crippen molar-refractivity contribution in [2.75, 3.05) is 5.73 Å². The zero-order chi connectivity index (χ0) is 15.8. The molecule has 2 rings (SSSR count). The number of nitrogens with one attached hydrogen (secondary N) is 1. The standard InChI is InChI=1S/C13H16FN3O3S/c1-7-4-10(14)12(5-11(7)15)21(18,19)16-6-13-17-8(2)9(3)20-13/h4-5,16H,6,15H2,1-3H3. The van der Waals surface area contributed by atoms with E-state index in [-0.39, 0.29) is 18.1 Å². The molecule has 2 aromatic rings. The Bertz CT molecular complexity index is 765. The SMILES string of the molecule is Cc1cc(F)c(S(=O)(=O)NCc2nc(C)c(C)o2)cc1N. The molecule has 0 aliphatic carbocycles. The molecule has 114 valence electrons. The van der Waals surface area contributed by atoms with E-state index in [1.54, 1.807) is 20.8 Å². The number of anilines is 1. The number of nitrogens with two attached hydrogens (primary N) is 1. The van der Waals surface area contributed by atoms with Gasteiger partial charge in [-0.05, 0) is 38.5 Å². The lowest BCUT2D eigenvalue weighted by atomic mass is 10.2. The van der Waals surface area contributed by atoms with Crippen LogP contribution in [0.5, 0.6) is 0 Å². The predicted molar refractivity (Wildman–Crippen MR) is 75.6 cm³/mol. The van der Waals surface area contributed by atoms with Crippen LogP contribution in [0.3, 0.4) is 0 Å². The number of nitrogen functional groups attached to an aromatic ring is 1. The summed E-state index contributed by atoms with van der Waals surface area (Å²) in [7, 11) is -4.04. The van der Waals surface area contributed by atoms with Crippen LogP contribution in [0.15, 0.2) is 21.4 Å². The van der Waals surface area contributed by atoms with Crippen molar-refractivity contribution in [2.24, 2.45) is 0 Å². The fourth-order valence-electron chi connectivity index (χ4n) is 1.72. The van der Waals surface area contributed by atoms with Gasteiger partial charge >= 0.3 is 0 Å². The Morgan fingerprint density at radius 2 is 2.00 bits per heavy atom. The van der Waals surface area contributed by atoms with Crippen molar-refractivity contribution >= 4 is 15.7 Å². The lowest BCUT2D eigenvalue weighted by molar-refractivity contribution is 0.462. The van der Waals surface area contributed by atoms with Crippen molar-refractivity contribution in [2.45, 2.75) is 32.2 Å². The van der Waals surface area contributed by atoms with Crippen molar-refractivity contribution < 1.29 is 17.2 Å². The van der Waals surface area contributed by atoms with Crippen LogP contribution in [0.25, 0.3) is 0 Å². The second-order valence-corrected chi connectivity index (χ2v) is 6.45. The van der Waals surface area contributed by atoms with Crippen LogP contribution in [0, 0.1) is 26.6 Å². The van der Waals surface area contributed by atoms with Gasteiger partial charge in [0.2, 0.25) is 15.9 Å². The Balaban J connectivity index is 2.24. The van der Waals surface area contributed by atoms with E-state index in [2.05, 4.69) is 9.71 Å². The van der Waals surface area contributed by atoms with Gasteiger partial charge in [0.05, 0.1) is 12.2 Å². The second kappa shape index (κ2) is 5.45. The minimum atomic E-state index is -4.04. The van der Waals surface area contributed by atoms with E-state index < -0.39 is 20.7 Å². The number of aryl methyl sites for hydroxylation is 3. The number of nitrogens with zero attached hydrogens (tertiary/aromatic N) is 1. The topological polar surface area (TPSA) is 98.2 Å². The summed E-state index contributed by atoms with van der Waals surface area (Å²) in [5, 5.41) is 0. The van der Waals surface area contributed by atoms with Crippen LogP contribution in [0.2, 0.25) is 0 Å². The molecule has 0 spiro atoms. The van der Waals surface area contributed by atoms with Crippen LogP contribution >= 0.6 is 0 Å². The minimum Gasteiger partial charge on any atom is -0.444 e. The molecule has 0 fully saturated rings. The smallest absolute Gasteiger partial charge is 0.244 e. The summed E-state index contributed by atoms with van der Waals surface area (Å²) in [6, 6.07) is 2.18. The largest absolute Gasteiger partial charge is 0.444 e. The van der Waals surface area contributed by atoms with E-state index in [0.29, 0.717) is 17.0 Å². The summed E-state index contributed by atoms with van der Waals surface area (Å²) in [5.74, 6) is -0.0296. The van der Waals surface area contributed by atoms with Gasteiger partial charge in [-0.3, -0.25) is 0 Å². The van der Waals surface area contributed by atoms with Crippen LogP contribution in [0.4, 0.5) is 10.1 Å². The monoisotopic (exact) mass is 313 g/mol. The molecule has 0 saturated heterocycles. The number of rotatable bonds is 4. The van der Waals surface area contributed by atoms with Crippen LogP contribution in [0.1, 0.15) is 22.9 Å². The first kappa shape index (κ1) is 15.5. The molecule has 0 amide bonds. The normalized spacial score (nSPS) is 11.8. The summed E-state index contributed by atoms with van der Waals surface area (Å²) in [5.41, 5.74) is 6.99. The number of aromatic nitrogens is 1. The first-order valence-electron chi connectivity index (χ1n) is 6.19. The third-order valence-corrected chi connectivity index (χ3v) is 4.51. The first-order valence-corrected chi connectivity index (χ1v) is 7.67. The van der Waals surface area contributed by atoms with Crippen LogP contribution in [-0.2, 0) is 16.6 Å². The highest BCUT2D eigenvalue weighted by molar-refractivity contribution is 7.89. The Hall–Kier alpha value is -1.93. The highest BCUT2D eigenvalue weighted by Crippen LogP contribution is 2.21. The molecule has 3 N–H and O–H groups in total. The molecule has 1 heterocycles. The van der Waals surface area contributed by atoms with Crippen LogP contribution < -0.4 is 10.5 Å². The minimum absolute atomic E-state index is 0.162. The summed E-state index contributed by atoms with van der Waals surface area (Å²) < 4.78 is 45.5. The first-order chi connectivity index (χ1) is 9.70. The summed E-state index contributed by atoms with van der Waals surface area (Å²) in [4.78, 5) is 3.55. The predicted octanol–water partition coefficient (Wildman–Crippen LogP) is 1.80.